The van der Waals surface area contributed by atoms with Gasteiger partial charge in [0, 0.05) is 31.1 Å². The maximum absolute atomic E-state index is 5.85. The highest BCUT2D eigenvalue weighted by Gasteiger charge is 2.05. The summed E-state index contributed by atoms with van der Waals surface area (Å²) in [6.45, 7) is 2.53. The maximum Gasteiger partial charge on any atom is 0.142 e. The minimum atomic E-state index is 0.364. The SMILES string of the molecule is Cc1ccc(OCCc2ccnn2C)c(CCl)n1. The first kappa shape index (κ1) is 12.9. The molecular formula is C13H16ClN3O. The van der Waals surface area contributed by atoms with Gasteiger partial charge < -0.3 is 4.74 Å². The summed E-state index contributed by atoms with van der Waals surface area (Å²) in [4.78, 5) is 4.35. The molecule has 0 aliphatic rings. The van der Waals surface area contributed by atoms with E-state index in [1.165, 1.54) is 0 Å². The Bertz CT molecular complexity index is 525. The molecule has 0 aromatic carbocycles. The van der Waals surface area contributed by atoms with Crippen molar-refractivity contribution >= 4 is 11.6 Å². The molecule has 2 heterocycles. The van der Waals surface area contributed by atoms with E-state index in [0.717, 1.165) is 29.3 Å². The first-order valence-electron chi connectivity index (χ1n) is 5.83. The van der Waals surface area contributed by atoms with Crippen molar-refractivity contribution in [1.82, 2.24) is 14.8 Å². The van der Waals surface area contributed by atoms with Crippen molar-refractivity contribution in [3.05, 3.63) is 41.5 Å². The van der Waals surface area contributed by atoms with E-state index in [9.17, 15) is 0 Å². The number of hydrogen-bond acceptors (Lipinski definition) is 3. The quantitative estimate of drug-likeness (QED) is 0.780. The monoisotopic (exact) mass is 265 g/mol. The fourth-order valence-corrected chi connectivity index (χ4v) is 1.93. The third-order valence-electron chi connectivity index (χ3n) is 2.74. The molecule has 5 heteroatoms. The van der Waals surface area contributed by atoms with Crippen molar-refractivity contribution in [3.63, 3.8) is 0 Å². The molecule has 0 atom stereocenters. The van der Waals surface area contributed by atoms with Gasteiger partial charge in [0.1, 0.15) is 5.75 Å². The molecule has 2 aromatic rings. The van der Waals surface area contributed by atoms with Crippen molar-refractivity contribution in [2.45, 2.75) is 19.2 Å². The van der Waals surface area contributed by atoms with Crippen molar-refractivity contribution < 1.29 is 4.74 Å². The van der Waals surface area contributed by atoms with Crippen LogP contribution in [-0.2, 0) is 19.3 Å². The van der Waals surface area contributed by atoms with Gasteiger partial charge in [-0.1, -0.05) is 0 Å². The minimum Gasteiger partial charge on any atom is -0.491 e. The molecule has 0 unspecified atom stereocenters. The Hall–Kier alpha value is -1.55. The van der Waals surface area contributed by atoms with Gasteiger partial charge in [0.25, 0.3) is 0 Å². The van der Waals surface area contributed by atoms with Gasteiger partial charge in [-0.05, 0) is 25.1 Å². The third-order valence-corrected chi connectivity index (χ3v) is 2.99. The van der Waals surface area contributed by atoms with E-state index in [1.54, 1.807) is 6.20 Å². The summed E-state index contributed by atoms with van der Waals surface area (Å²) in [7, 11) is 1.92. The van der Waals surface area contributed by atoms with E-state index in [4.69, 9.17) is 16.3 Å². The molecule has 0 saturated heterocycles. The summed E-state index contributed by atoms with van der Waals surface area (Å²) in [5.74, 6) is 1.13. The number of ether oxygens (including phenoxy) is 1. The van der Waals surface area contributed by atoms with Gasteiger partial charge in [0.2, 0.25) is 0 Å². The van der Waals surface area contributed by atoms with E-state index in [0.29, 0.717) is 12.5 Å². The van der Waals surface area contributed by atoms with Crippen LogP contribution in [0.1, 0.15) is 17.1 Å². The second kappa shape index (κ2) is 5.87. The minimum absolute atomic E-state index is 0.364. The lowest BCUT2D eigenvalue weighted by molar-refractivity contribution is 0.314. The van der Waals surface area contributed by atoms with Gasteiger partial charge in [-0.3, -0.25) is 9.67 Å². The molecule has 0 bridgehead atoms. The molecule has 0 amide bonds. The van der Waals surface area contributed by atoms with Gasteiger partial charge in [0.05, 0.1) is 18.2 Å². The Kier molecular flexibility index (Phi) is 4.20. The van der Waals surface area contributed by atoms with Gasteiger partial charge in [-0.25, -0.2) is 0 Å². The van der Waals surface area contributed by atoms with Crippen LogP contribution in [0.2, 0.25) is 0 Å². The fourth-order valence-electron chi connectivity index (χ4n) is 1.74. The van der Waals surface area contributed by atoms with E-state index < -0.39 is 0 Å². The highest BCUT2D eigenvalue weighted by molar-refractivity contribution is 6.17. The first-order valence-corrected chi connectivity index (χ1v) is 6.36. The van der Waals surface area contributed by atoms with Crippen LogP contribution < -0.4 is 4.74 Å². The van der Waals surface area contributed by atoms with Crippen LogP contribution in [0.4, 0.5) is 0 Å². The first-order chi connectivity index (χ1) is 8.70. The lowest BCUT2D eigenvalue weighted by atomic mass is 10.3. The number of pyridine rings is 1. The molecule has 0 aliphatic heterocycles. The van der Waals surface area contributed by atoms with Crippen LogP contribution in [0.15, 0.2) is 24.4 Å². The molecule has 0 fully saturated rings. The van der Waals surface area contributed by atoms with Crippen LogP contribution >= 0.6 is 11.6 Å². The average Bonchev–Trinajstić information content (AvgIpc) is 2.77. The summed E-state index contributed by atoms with van der Waals surface area (Å²) in [5.41, 5.74) is 2.88. The lowest BCUT2D eigenvalue weighted by Crippen LogP contribution is -2.07. The number of halogens is 1. The Morgan fingerprint density at radius 2 is 2.17 bits per heavy atom. The molecule has 0 saturated carbocycles. The van der Waals surface area contributed by atoms with Crippen LogP contribution in [0.5, 0.6) is 5.75 Å². The topological polar surface area (TPSA) is 39.9 Å². The van der Waals surface area contributed by atoms with Crippen molar-refractivity contribution in [2.24, 2.45) is 7.05 Å². The summed E-state index contributed by atoms with van der Waals surface area (Å²) in [6.07, 6.45) is 2.60. The van der Waals surface area contributed by atoms with Crippen molar-refractivity contribution in [1.29, 1.82) is 0 Å². The van der Waals surface area contributed by atoms with Crippen molar-refractivity contribution in [2.75, 3.05) is 6.61 Å². The maximum atomic E-state index is 5.85. The molecule has 96 valence electrons. The number of alkyl halides is 1. The second-order valence-electron chi connectivity index (χ2n) is 4.08. The fraction of sp³-hybridized carbons (Fsp3) is 0.385. The average molecular weight is 266 g/mol. The van der Waals surface area contributed by atoms with Crippen LogP contribution in [0.3, 0.4) is 0 Å². The zero-order chi connectivity index (χ0) is 13.0. The number of hydrogen-bond donors (Lipinski definition) is 0. The molecule has 0 N–H and O–H groups in total. The Morgan fingerprint density at radius 3 is 2.83 bits per heavy atom. The number of rotatable bonds is 5. The van der Waals surface area contributed by atoms with E-state index >= 15 is 0 Å². The van der Waals surface area contributed by atoms with E-state index in [2.05, 4.69) is 10.1 Å². The second-order valence-corrected chi connectivity index (χ2v) is 4.34. The number of aromatic nitrogens is 3. The number of nitrogens with zero attached hydrogens (tertiary/aromatic N) is 3. The number of aryl methyl sites for hydroxylation is 2. The predicted octanol–water partition coefficient (Wildman–Crippen LogP) is 2.48. The predicted molar refractivity (Wildman–Crippen MR) is 70.9 cm³/mol. The summed E-state index contributed by atoms with van der Waals surface area (Å²) in [6, 6.07) is 5.83. The van der Waals surface area contributed by atoms with Crippen LogP contribution in [-0.4, -0.2) is 21.4 Å². The van der Waals surface area contributed by atoms with Gasteiger partial charge >= 0.3 is 0 Å². The summed E-state index contributed by atoms with van der Waals surface area (Å²) >= 11 is 5.85. The molecule has 2 aromatic heterocycles. The van der Waals surface area contributed by atoms with E-state index in [1.807, 2.05) is 36.9 Å². The van der Waals surface area contributed by atoms with Crippen LogP contribution in [0, 0.1) is 6.92 Å². The molecule has 18 heavy (non-hydrogen) atoms. The summed E-state index contributed by atoms with van der Waals surface area (Å²) in [5, 5.41) is 4.12. The van der Waals surface area contributed by atoms with Crippen molar-refractivity contribution in [3.8, 4) is 5.75 Å². The van der Waals surface area contributed by atoms with Gasteiger partial charge in [0.15, 0.2) is 0 Å². The molecule has 0 aliphatic carbocycles. The smallest absolute Gasteiger partial charge is 0.142 e. The Morgan fingerprint density at radius 1 is 1.33 bits per heavy atom. The zero-order valence-corrected chi connectivity index (χ0v) is 11.3. The van der Waals surface area contributed by atoms with Gasteiger partial charge in [-0.2, -0.15) is 5.10 Å². The van der Waals surface area contributed by atoms with E-state index in [-0.39, 0.29) is 0 Å². The lowest BCUT2D eigenvalue weighted by Gasteiger charge is -2.10. The molecule has 0 spiro atoms. The Balaban J connectivity index is 1.96. The molecular weight excluding hydrogens is 250 g/mol. The highest BCUT2D eigenvalue weighted by Crippen LogP contribution is 2.19. The molecule has 0 radical (unpaired) electrons. The Labute approximate surface area is 112 Å². The zero-order valence-electron chi connectivity index (χ0n) is 10.6. The highest BCUT2D eigenvalue weighted by atomic mass is 35.5. The van der Waals surface area contributed by atoms with Crippen LogP contribution in [0.25, 0.3) is 0 Å². The standard InChI is InChI=1S/C13H16ClN3O/c1-10-3-4-13(12(9-14)16-10)18-8-6-11-5-7-15-17(11)2/h3-5,7H,6,8-9H2,1-2H3. The normalized spacial score (nSPS) is 10.6. The molecule has 2 rings (SSSR count). The van der Waals surface area contributed by atoms with Gasteiger partial charge in [-0.15, -0.1) is 11.6 Å². The largest absolute Gasteiger partial charge is 0.491 e. The molecule has 4 nitrogen and oxygen atoms in total. The third kappa shape index (κ3) is 3.01. The summed E-state index contributed by atoms with van der Waals surface area (Å²) < 4.78 is 7.57.